The van der Waals surface area contributed by atoms with E-state index in [0.29, 0.717) is 16.3 Å². The molecule has 0 fully saturated rings. The molecule has 1 amide bonds. The number of aryl methyl sites for hydroxylation is 1. The van der Waals surface area contributed by atoms with Crippen LogP contribution in [0.2, 0.25) is 0 Å². The Morgan fingerprint density at radius 1 is 1.17 bits per heavy atom. The zero-order valence-corrected chi connectivity index (χ0v) is 15.0. The Bertz CT molecular complexity index is 712. The maximum Gasteiger partial charge on any atom is 0.348 e. The van der Waals surface area contributed by atoms with E-state index < -0.39 is 5.97 Å². The van der Waals surface area contributed by atoms with Gasteiger partial charge in [-0.2, -0.15) is 0 Å². The molecule has 24 heavy (non-hydrogen) atoms. The Morgan fingerprint density at radius 2 is 1.88 bits per heavy atom. The van der Waals surface area contributed by atoms with Gasteiger partial charge in [0.15, 0.2) is 0 Å². The fraction of sp³-hybridized carbons (Fsp3) is 0.333. The van der Waals surface area contributed by atoms with E-state index in [1.165, 1.54) is 18.4 Å². The van der Waals surface area contributed by atoms with Crippen molar-refractivity contribution < 1.29 is 14.3 Å². The van der Waals surface area contributed by atoms with Gasteiger partial charge in [0.25, 0.3) is 5.91 Å². The number of methoxy groups -OCH3 is 1. The summed E-state index contributed by atoms with van der Waals surface area (Å²) in [7, 11) is 1.33. The van der Waals surface area contributed by atoms with Gasteiger partial charge >= 0.3 is 5.97 Å². The highest BCUT2D eigenvalue weighted by Gasteiger charge is 2.14. The van der Waals surface area contributed by atoms with Crippen LogP contribution >= 0.6 is 11.3 Å². The van der Waals surface area contributed by atoms with Crippen LogP contribution in [0.25, 0.3) is 0 Å². The highest BCUT2D eigenvalue weighted by molar-refractivity contribution is 7.15. The third-order valence-corrected chi connectivity index (χ3v) is 4.79. The Balaban J connectivity index is 1.91. The van der Waals surface area contributed by atoms with Gasteiger partial charge in [0, 0.05) is 25.3 Å². The van der Waals surface area contributed by atoms with E-state index in [1.54, 1.807) is 12.1 Å². The monoisotopic (exact) mass is 346 g/mol. The average molecular weight is 346 g/mol. The summed E-state index contributed by atoms with van der Waals surface area (Å²) in [6.45, 7) is 6.30. The van der Waals surface area contributed by atoms with Crippen LogP contribution in [-0.4, -0.2) is 38.6 Å². The lowest BCUT2D eigenvalue weighted by Crippen LogP contribution is -2.35. The van der Waals surface area contributed by atoms with Gasteiger partial charge in [0.2, 0.25) is 0 Å². The van der Waals surface area contributed by atoms with Crippen LogP contribution in [0.1, 0.15) is 31.8 Å². The fourth-order valence-electron chi connectivity index (χ4n) is 2.43. The van der Waals surface area contributed by atoms with Crippen molar-refractivity contribution in [2.75, 3.05) is 31.6 Å². The number of hydrogen-bond acceptors (Lipinski definition) is 5. The standard InChI is InChI=1S/C18H22N2O3S/c1-4-20(14-8-6-5-7-13(14)2)12-11-19-17(21)15-9-10-16(24-15)18(22)23-3/h5-10H,4,11-12H2,1-3H3,(H,19,21). The lowest BCUT2D eigenvalue weighted by atomic mass is 10.2. The number of nitrogens with zero attached hydrogens (tertiary/aromatic N) is 1. The van der Waals surface area contributed by atoms with E-state index in [2.05, 4.69) is 40.9 Å². The largest absolute Gasteiger partial charge is 0.465 e. The molecule has 1 aromatic carbocycles. The summed E-state index contributed by atoms with van der Waals surface area (Å²) in [4.78, 5) is 26.8. The molecular weight excluding hydrogens is 324 g/mol. The predicted octanol–water partition coefficient (Wildman–Crippen LogP) is 3.10. The van der Waals surface area contributed by atoms with E-state index in [1.807, 2.05) is 12.1 Å². The summed E-state index contributed by atoms with van der Waals surface area (Å²) in [5, 5.41) is 2.90. The summed E-state index contributed by atoms with van der Waals surface area (Å²) in [6.07, 6.45) is 0. The van der Waals surface area contributed by atoms with Crippen molar-refractivity contribution in [3.63, 3.8) is 0 Å². The van der Waals surface area contributed by atoms with E-state index >= 15 is 0 Å². The number of ether oxygens (including phenoxy) is 1. The minimum atomic E-state index is -0.421. The van der Waals surface area contributed by atoms with Crippen molar-refractivity contribution in [1.82, 2.24) is 5.32 Å². The molecule has 0 spiro atoms. The summed E-state index contributed by atoms with van der Waals surface area (Å²) in [6, 6.07) is 11.5. The first kappa shape index (κ1) is 18.0. The minimum absolute atomic E-state index is 0.170. The van der Waals surface area contributed by atoms with Crippen molar-refractivity contribution in [3.8, 4) is 0 Å². The molecule has 0 unspecified atom stereocenters. The van der Waals surface area contributed by atoms with Crippen molar-refractivity contribution in [2.45, 2.75) is 13.8 Å². The van der Waals surface area contributed by atoms with Gasteiger partial charge in [-0.05, 0) is 37.6 Å². The number of likely N-dealkylation sites (N-methyl/N-ethyl adjacent to an activating group) is 1. The zero-order valence-electron chi connectivity index (χ0n) is 14.2. The summed E-state index contributed by atoms with van der Waals surface area (Å²) >= 11 is 1.14. The number of benzene rings is 1. The molecule has 5 nitrogen and oxygen atoms in total. The van der Waals surface area contributed by atoms with Crippen LogP contribution in [0.15, 0.2) is 36.4 Å². The third kappa shape index (κ3) is 4.35. The van der Waals surface area contributed by atoms with Crippen molar-refractivity contribution >= 4 is 28.9 Å². The Labute approximate surface area is 146 Å². The number of amides is 1. The molecule has 0 radical (unpaired) electrons. The van der Waals surface area contributed by atoms with Crippen LogP contribution in [-0.2, 0) is 4.74 Å². The van der Waals surface area contributed by atoms with Gasteiger partial charge in [-0.25, -0.2) is 4.79 Å². The molecule has 0 saturated heterocycles. The Hall–Kier alpha value is -2.34. The SMILES string of the molecule is CCN(CCNC(=O)c1ccc(C(=O)OC)s1)c1ccccc1C. The Kier molecular flexibility index (Phi) is 6.37. The molecular formula is C18H22N2O3S. The molecule has 0 saturated carbocycles. The predicted molar refractivity (Wildman–Crippen MR) is 97.1 cm³/mol. The molecule has 0 aliphatic carbocycles. The number of rotatable bonds is 7. The number of carbonyl (C=O) groups excluding carboxylic acids is 2. The molecule has 1 heterocycles. The molecule has 2 rings (SSSR count). The molecule has 1 N–H and O–H groups in total. The van der Waals surface area contributed by atoms with Crippen LogP contribution in [0.3, 0.4) is 0 Å². The van der Waals surface area contributed by atoms with Crippen molar-refractivity contribution in [1.29, 1.82) is 0 Å². The van der Waals surface area contributed by atoms with E-state index in [-0.39, 0.29) is 5.91 Å². The first-order chi connectivity index (χ1) is 11.6. The normalized spacial score (nSPS) is 10.3. The average Bonchev–Trinajstić information content (AvgIpc) is 3.09. The topological polar surface area (TPSA) is 58.6 Å². The number of nitrogens with one attached hydrogen (secondary N) is 1. The molecule has 0 bridgehead atoms. The Morgan fingerprint density at radius 3 is 2.54 bits per heavy atom. The van der Waals surface area contributed by atoms with Gasteiger partial charge < -0.3 is 15.0 Å². The maximum absolute atomic E-state index is 12.2. The highest BCUT2D eigenvalue weighted by atomic mass is 32.1. The second kappa shape index (κ2) is 8.49. The number of esters is 1. The number of para-hydroxylation sites is 1. The van der Waals surface area contributed by atoms with E-state index in [4.69, 9.17) is 0 Å². The van der Waals surface area contributed by atoms with E-state index in [9.17, 15) is 9.59 Å². The first-order valence-corrected chi connectivity index (χ1v) is 8.65. The molecule has 0 aliphatic rings. The summed E-state index contributed by atoms with van der Waals surface area (Å²) in [5.41, 5.74) is 2.39. The molecule has 0 atom stereocenters. The number of hydrogen-bond donors (Lipinski definition) is 1. The third-order valence-electron chi connectivity index (χ3n) is 3.72. The molecule has 128 valence electrons. The molecule has 0 aliphatic heterocycles. The number of carbonyl (C=O) groups is 2. The van der Waals surface area contributed by atoms with Crippen LogP contribution in [0, 0.1) is 6.92 Å². The second-order valence-corrected chi connectivity index (χ2v) is 6.36. The zero-order chi connectivity index (χ0) is 17.5. The number of anilines is 1. The fourth-order valence-corrected chi connectivity index (χ4v) is 3.27. The quantitative estimate of drug-likeness (QED) is 0.783. The number of thiophene rings is 1. The minimum Gasteiger partial charge on any atom is -0.465 e. The lowest BCUT2D eigenvalue weighted by Gasteiger charge is -2.25. The van der Waals surface area contributed by atoms with Crippen LogP contribution in [0.4, 0.5) is 5.69 Å². The van der Waals surface area contributed by atoms with Crippen molar-refractivity contribution in [2.24, 2.45) is 0 Å². The smallest absolute Gasteiger partial charge is 0.348 e. The molecule has 6 heteroatoms. The van der Waals surface area contributed by atoms with Gasteiger partial charge in [-0.15, -0.1) is 11.3 Å². The summed E-state index contributed by atoms with van der Waals surface area (Å²) < 4.78 is 4.65. The van der Waals surface area contributed by atoms with Crippen LogP contribution in [0.5, 0.6) is 0 Å². The second-order valence-electron chi connectivity index (χ2n) is 5.28. The van der Waals surface area contributed by atoms with E-state index in [0.717, 1.165) is 24.4 Å². The molecule has 2 aromatic rings. The van der Waals surface area contributed by atoms with Gasteiger partial charge in [-0.1, -0.05) is 18.2 Å². The summed E-state index contributed by atoms with van der Waals surface area (Å²) in [5.74, 6) is -0.591. The first-order valence-electron chi connectivity index (χ1n) is 7.83. The highest BCUT2D eigenvalue weighted by Crippen LogP contribution is 2.19. The van der Waals surface area contributed by atoms with Crippen LogP contribution < -0.4 is 10.2 Å². The maximum atomic E-state index is 12.2. The molecule has 1 aromatic heterocycles. The van der Waals surface area contributed by atoms with Crippen molar-refractivity contribution in [3.05, 3.63) is 51.7 Å². The van der Waals surface area contributed by atoms with Gasteiger partial charge in [0.1, 0.15) is 4.88 Å². The van der Waals surface area contributed by atoms with Gasteiger partial charge in [0.05, 0.1) is 12.0 Å². The van der Waals surface area contributed by atoms with Gasteiger partial charge in [-0.3, -0.25) is 4.79 Å². The lowest BCUT2D eigenvalue weighted by molar-refractivity contribution is 0.0606.